The van der Waals surface area contributed by atoms with E-state index < -0.39 is 36.2 Å². The van der Waals surface area contributed by atoms with E-state index in [0.717, 1.165) is 5.56 Å². The molecular weight excluding hydrogens is 300 g/mol. The summed E-state index contributed by atoms with van der Waals surface area (Å²) in [5, 5.41) is 21.9. The number of carboxylic acid groups (broad SMARTS) is 1. The van der Waals surface area contributed by atoms with Crippen LogP contribution in [0.4, 0.5) is 10.5 Å². The molecule has 0 fully saturated rings. The number of aliphatic hydroxyl groups excluding tert-OH is 1. The van der Waals surface area contributed by atoms with E-state index in [1.165, 1.54) is 0 Å². The highest BCUT2D eigenvalue weighted by Gasteiger charge is 2.28. The number of carboxylic acids is 1. The van der Waals surface area contributed by atoms with Crippen LogP contribution in [0.25, 0.3) is 0 Å². The van der Waals surface area contributed by atoms with Crippen molar-refractivity contribution in [3.8, 4) is 0 Å². The van der Waals surface area contributed by atoms with Crippen LogP contribution in [-0.4, -0.2) is 33.9 Å². The number of carbonyl (C=O) groups is 2. The first-order valence-electron chi connectivity index (χ1n) is 7.25. The van der Waals surface area contributed by atoms with E-state index in [2.05, 4.69) is 5.32 Å². The Morgan fingerprint density at radius 3 is 2.48 bits per heavy atom. The molecule has 0 aliphatic rings. The van der Waals surface area contributed by atoms with Crippen LogP contribution >= 0.6 is 0 Å². The molecule has 0 bridgehead atoms. The van der Waals surface area contributed by atoms with Crippen molar-refractivity contribution in [2.75, 3.05) is 5.73 Å². The first kappa shape index (κ1) is 18.8. The van der Waals surface area contributed by atoms with Crippen LogP contribution in [0.1, 0.15) is 44.4 Å². The second-order valence-electron chi connectivity index (χ2n) is 6.41. The number of nitrogens with one attached hydrogen (secondary N) is 1. The third-order valence-corrected chi connectivity index (χ3v) is 3.10. The van der Waals surface area contributed by atoms with Crippen molar-refractivity contribution in [3.63, 3.8) is 0 Å². The van der Waals surface area contributed by atoms with Crippen molar-refractivity contribution in [3.05, 3.63) is 29.3 Å². The fraction of sp³-hybridized carbons (Fsp3) is 0.500. The number of carbonyl (C=O) groups excluding carboxylic acids is 1. The van der Waals surface area contributed by atoms with Crippen molar-refractivity contribution in [2.45, 2.75) is 51.9 Å². The average molecular weight is 324 g/mol. The molecule has 1 rings (SSSR count). The van der Waals surface area contributed by atoms with Crippen molar-refractivity contribution >= 4 is 17.7 Å². The molecule has 7 heteroatoms. The number of alkyl carbamates (subject to hydrolysis) is 1. The van der Waals surface area contributed by atoms with Crippen LogP contribution in [-0.2, 0) is 9.53 Å². The SMILES string of the molecule is Cc1ccc(N)cc1C(O)[C@@H](CC(=O)O)NC(=O)OC(C)(C)C. The Kier molecular flexibility index (Phi) is 5.98. The number of nitrogen functional groups attached to an aromatic ring is 1. The second-order valence-corrected chi connectivity index (χ2v) is 6.41. The molecular formula is C16H24N2O5. The van der Waals surface area contributed by atoms with Gasteiger partial charge in [0, 0.05) is 5.69 Å². The molecule has 23 heavy (non-hydrogen) atoms. The summed E-state index contributed by atoms with van der Waals surface area (Å²) in [7, 11) is 0. The third kappa shape index (κ3) is 6.15. The van der Waals surface area contributed by atoms with E-state index in [4.69, 9.17) is 15.6 Å². The zero-order valence-electron chi connectivity index (χ0n) is 13.8. The Bertz CT molecular complexity index is 580. The number of benzene rings is 1. The van der Waals surface area contributed by atoms with Crippen molar-refractivity contribution in [2.24, 2.45) is 0 Å². The molecule has 0 saturated heterocycles. The number of aliphatic hydroxyl groups is 1. The molecule has 0 saturated carbocycles. The lowest BCUT2D eigenvalue weighted by atomic mass is 9.95. The molecule has 1 unspecified atom stereocenters. The first-order chi connectivity index (χ1) is 10.5. The maximum absolute atomic E-state index is 11.9. The third-order valence-electron chi connectivity index (χ3n) is 3.10. The fourth-order valence-electron chi connectivity index (χ4n) is 2.08. The van der Waals surface area contributed by atoms with Gasteiger partial charge in [-0.2, -0.15) is 0 Å². The summed E-state index contributed by atoms with van der Waals surface area (Å²) in [6.07, 6.45) is -2.46. The van der Waals surface area contributed by atoms with E-state index in [-0.39, 0.29) is 0 Å². The Balaban J connectivity index is 2.98. The van der Waals surface area contributed by atoms with Crippen molar-refractivity contribution in [1.82, 2.24) is 5.32 Å². The van der Waals surface area contributed by atoms with Crippen LogP contribution < -0.4 is 11.1 Å². The molecule has 5 N–H and O–H groups in total. The minimum atomic E-state index is -1.22. The Hall–Kier alpha value is -2.28. The Morgan fingerprint density at radius 1 is 1.35 bits per heavy atom. The number of rotatable bonds is 5. The Labute approximate surface area is 135 Å². The summed E-state index contributed by atoms with van der Waals surface area (Å²) < 4.78 is 5.11. The number of ether oxygens (including phenoxy) is 1. The fourth-order valence-corrected chi connectivity index (χ4v) is 2.08. The van der Waals surface area contributed by atoms with E-state index in [1.807, 2.05) is 0 Å². The molecule has 7 nitrogen and oxygen atoms in total. The standard InChI is InChI=1S/C16H24N2O5/c1-9-5-6-10(17)7-11(9)14(21)12(8-13(19)20)18-15(22)23-16(2,3)4/h5-7,12,14,21H,8,17H2,1-4H3,(H,18,22)(H,19,20)/t12-,14?/m1/s1. The van der Waals surface area contributed by atoms with E-state index in [0.29, 0.717) is 11.3 Å². The van der Waals surface area contributed by atoms with Gasteiger partial charge in [0.15, 0.2) is 0 Å². The quantitative estimate of drug-likeness (QED) is 0.614. The summed E-state index contributed by atoms with van der Waals surface area (Å²) in [4.78, 5) is 22.9. The number of aryl methyl sites for hydroxylation is 1. The highest BCUT2D eigenvalue weighted by Crippen LogP contribution is 2.25. The van der Waals surface area contributed by atoms with Gasteiger partial charge in [-0.1, -0.05) is 6.07 Å². The molecule has 2 atom stereocenters. The maximum Gasteiger partial charge on any atom is 0.407 e. The predicted octanol–water partition coefficient (Wildman–Crippen LogP) is 1.98. The number of aliphatic carboxylic acids is 1. The lowest BCUT2D eigenvalue weighted by Crippen LogP contribution is -2.43. The smallest absolute Gasteiger partial charge is 0.407 e. The van der Waals surface area contributed by atoms with Gasteiger partial charge in [-0.15, -0.1) is 0 Å². The molecule has 0 spiro atoms. The van der Waals surface area contributed by atoms with Gasteiger partial charge >= 0.3 is 12.1 Å². The minimum Gasteiger partial charge on any atom is -0.481 e. The van der Waals surface area contributed by atoms with Gasteiger partial charge in [0.25, 0.3) is 0 Å². The highest BCUT2D eigenvalue weighted by atomic mass is 16.6. The number of nitrogens with two attached hydrogens (primary N) is 1. The van der Waals surface area contributed by atoms with Gasteiger partial charge < -0.3 is 26.0 Å². The largest absolute Gasteiger partial charge is 0.481 e. The number of anilines is 1. The molecule has 0 aliphatic heterocycles. The summed E-state index contributed by atoms with van der Waals surface area (Å²) in [5.74, 6) is -1.15. The molecule has 1 aromatic carbocycles. The number of amides is 1. The average Bonchev–Trinajstić information content (AvgIpc) is 2.37. The van der Waals surface area contributed by atoms with Gasteiger partial charge in [0.2, 0.25) is 0 Å². The predicted molar refractivity (Wildman–Crippen MR) is 86.0 cm³/mol. The van der Waals surface area contributed by atoms with Gasteiger partial charge in [0.05, 0.1) is 12.5 Å². The highest BCUT2D eigenvalue weighted by molar-refractivity contribution is 5.72. The van der Waals surface area contributed by atoms with Crippen LogP contribution in [0.2, 0.25) is 0 Å². The topological polar surface area (TPSA) is 122 Å². The molecule has 0 aliphatic carbocycles. The van der Waals surface area contributed by atoms with Gasteiger partial charge in [-0.05, 0) is 51.0 Å². The van der Waals surface area contributed by atoms with Gasteiger partial charge in [-0.25, -0.2) is 4.79 Å². The Morgan fingerprint density at radius 2 is 1.96 bits per heavy atom. The molecule has 0 heterocycles. The zero-order valence-corrected chi connectivity index (χ0v) is 13.8. The van der Waals surface area contributed by atoms with Gasteiger partial charge in [-0.3, -0.25) is 4.79 Å². The van der Waals surface area contributed by atoms with Crippen LogP contribution in [0, 0.1) is 6.92 Å². The molecule has 0 radical (unpaired) electrons. The van der Waals surface area contributed by atoms with Crippen molar-refractivity contribution in [1.29, 1.82) is 0 Å². The molecule has 0 aromatic heterocycles. The van der Waals surface area contributed by atoms with Crippen LogP contribution in [0.5, 0.6) is 0 Å². The summed E-state index contributed by atoms with van der Waals surface area (Å²) in [6.45, 7) is 6.84. The first-order valence-corrected chi connectivity index (χ1v) is 7.25. The monoisotopic (exact) mass is 324 g/mol. The lowest BCUT2D eigenvalue weighted by molar-refractivity contribution is -0.138. The second kappa shape index (κ2) is 7.32. The van der Waals surface area contributed by atoms with Crippen LogP contribution in [0.3, 0.4) is 0 Å². The molecule has 128 valence electrons. The van der Waals surface area contributed by atoms with Gasteiger partial charge in [0.1, 0.15) is 11.7 Å². The van der Waals surface area contributed by atoms with E-state index in [1.54, 1.807) is 45.9 Å². The maximum atomic E-state index is 11.9. The summed E-state index contributed by atoms with van der Waals surface area (Å²) in [5.41, 5.74) is 6.63. The molecule has 1 amide bonds. The summed E-state index contributed by atoms with van der Waals surface area (Å²) >= 11 is 0. The van der Waals surface area contributed by atoms with Crippen molar-refractivity contribution < 1.29 is 24.5 Å². The number of hydrogen-bond acceptors (Lipinski definition) is 5. The minimum absolute atomic E-state index is 0.441. The van der Waals surface area contributed by atoms with E-state index >= 15 is 0 Å². The summed E-state index contributed by atoms with van der Waals surface area (Å²) in [6, 6.07) is 3.92. The van der Waals surface area contributed by atoms with E-state index in [9.17, 15) is 14.7 Å². The normalized spacial score (nSPS) is 14.0. The lowest BCUT2D eigenvalue weighted by Gasteiger charge is -2.26. The molecule has 1 aromatic rings. The van der Waals surface area contributed by atoms with Crippen LogP contribution in [0.15, 0.2) is 18.2 Å². The number of hydrogen-bond donors (Lipinski definition) is 4. The zero-order chi connectivity index (χ0) is 17.8.